The van der Waals surface area contributed by atoms with E-state index in [0.717, 1.165) is 11.0 Å². The van der Waals surface area contributed by atoms with Gasteiger partial charge in [0.05, 0.1) is 17.4 Å². The van der Waals surface area contributed by atoms with Crippen molar-refractivity contribution in [3.8, 4) is 0 Å². The number of amides is 1. The van der Waals surface area contributed by atoms with Crippen LogP contribution in [0.25, 0.3) is 11.0 Å². The van der Waals surface area contributed by atoms with Gasteiger partial charge in [0.15, 0.2) is 0 Å². The fraction of sp³-hybridized carbons (Fsp3) is 0.0909. The molecule has 2 heterocycles. The van der Waals surface area contributed by atoms with E-state index in [4.69, 9.17) is 5.73 Å². The number of nitrogens with two attached hydrogens (primary N) is 1. The predicted molar refractivity (Wildman–Crippen MR) is 71.8 cm³/mol. The Labute approximate surface area is 111 Å². The second-order valence-corrected chi connectivity index (χ2v) is 4.86. The van der Waals surface area contributed by atoms with Gasteiger partial charge in [-0.1, -0.05) is 11.3 Å². The molecule has 8 heteroatoms. The van der Waals surface area contributed by atoms with Gasteiger partial charge in [-0.3, -0.25) is 10.1 Å². The smallest absolute Gasteiger partial charge is 0.257 e. The fourth-order valence-corrected chi connectivity index (χ4v) is 2.25. The van der Waals surface area contributed by atoms with Gasteiger partial charge in [0.25, 0.3) is 5.91 Å². The number of nitrogens with one attached hydrogen (secondary N) is 2. The monoisotopic (exact) mass is 274 g/mol. The third-order valence-corrected chi connectivity index (χ3v) is 3.41. The van der Waals surface area contributed by atoms with Gasteiger partial charge in [0.2, 0.25) is 5.13 Å². The van der Waals surface area contributed by atoms with Crippen molar-refractivity contribution >= 4 is 33.4 Å². The maximum atomic E-state index is 12.0. The van der Waals surface area contributed by atoms with Crippen LogP contribution in [0.2, 0.25) is 0 Å². The summed E-state index contributed by atoms with van der Waals surface area (Å²) in [6.07, 6.45) is 1.59. The van der Waals surface area contributed by atoms with E-state index in [9.17, 15) is 4.79 Å². The number of nitrogens with zero attached hydrogens (tertiary/aromatic N) is 3. The lowest BCUT2D eigenvalue weighted by molar-refractivity contribution is 0.102. The molecular formula is C11H10N6OS. The minimum absolute atomic E-state index is 0.240. The molecule has 1 amide bonds. The topological polar surface area (TPSA) is 110 Å². The molecule has 0 saturated heterocycles. The van der Waals surface area contributed by atoms with Crippen LogP contribution in [0.15, 0.2) is 24.5 Å². The zero-order valence-corrected chi connectivity index (χ0v) is 10.6. The van der Waals surface area contributed by atoms with Crippen molar-refractivity contribution in [1.29, 1.82) is 0 Å². The van der Waals surface area contributed by atoms with Crippen LogP contribution < -0.4 is 11.1 Å². The number of imidazole rings is 1. The van der Waals surface area contributed by atoms with E-state index in [1.165, 1.54) is 11.3 Å². The van der Waals surface area contributed by atoms with E-state index in [-0.39, 0.29) is 5.91 Å². The zero-order valence-electron chi connectivity index (χ0n) is 9.75. The minimum Gasteiger partial charge on any atom is -0.345 e. The van der Waals surface area contributed by atoms with Crippen LogP contribution >= 0.6 is 11.3 Å². The summed E-state index contributed by atoms with van der Waals surface area (Å²) in [5, 5.41) is 11.5. The van der Waals surface area contributed by atoms with E-state index in [0.29, 0.717) is 22.2 Å². The van der Waals surface area contributed by atoms with Gasteiger partial charge < -0.3 is 10.7 Å². The van der Waals surface area contributed by atoms with Gasteiger partial charge in [-0.2, -0.15) is 0 Å². The number of fused-ring (bicyclic) bond motifs is 1. The SMILES string of the molecule is NCc1nnc(NC(=O)c2ccc3nc[nH]c3c2)s1. The summed E-state index contributed by atoms with van der Waals surface area (Å²) < 4.78 is 0. The molecule has 2 aromatic heterocycles. The van der Waals surface area contributed by atoms with E-state index in [1.54, 1.807) is 24.5 Å². The standard InChI is InChI=1S/C11H10N6OS/c12-4-9-16-17-11(19-9)15-10(18)6-1-2-7-8(3-6)14-5-13-7/h1-3,5H,4,12H2,(H,13,14)(H,15,17,18). The number of hydrogen-bond acceptors (Lipinski definition) is 6. The van der Waals surface area contributed by atoms with Crippen molar-refractivity contribution in [3.05, 3.63) is 35.1 Å². The highest BCUT2D eigenvalue weighted by Crippen LogP contribution is 2.17. The van der Waals surface area contributed by atoms with Gasteiger partial charge in [0.1, 0.15) is 5.01 Å². The lowest BCUT2D eigenvalue weighted by Gasteiger charge is -2.00. The predicted octanol–water partition coefficient (Wildman–Crippen LogP) is 1.13. The minimum atomic E-state index is -0.240. The highest BCUT2D eigenvalue weighted by Gasteiger charge is 2.10. The molecule has 0 spiro atoms. The molecule has 0 aliphatic heterocycles. The fourth-order valence-electron chi connectivity index (χ4n) is 1.63. The van der Waals surface area contributed by atoms with Crippen molar-refractivity contribution in [2.45, 2.75) is 6.54 Å². The van der Waals surface area contributed by atoms with Crippen molar-refractivity contribution in [2.75, 3.05) is 5.32 Å². The molecule has 3 rings (SSSR count). The highest BCUT2D eigenvalue weighted by molar-refractivity contribution is 7.15. The first-order valence-electron chi connectivity index (χ1n) is 5.53. The summed E-state index contributed by atoms with van der Waals surface area (Å²) in [5.41, 5.74) is 7.60. The molecule has 0 bridgehead atoms. The molecule has 4 N–H and O–H groups in total. The third kappa shape index (κ3) is 2.30. The molecule has 7 nitrogen and oxygen atoms in total. The molecule has 0 atom stereocenters. The van der Waals surface area contributed by atoms with E-state index >= 15 is 0 Å². The van der Waals surface area contributed by atoms with Crippen LogP contribution in [0.1, 0.15) is 15.4 Å². The number of carbonyl (C=O) groups excluding carboxylic acids is 1. The van der Waals surface area contributed by atoms with Crippen molar-refractivity contribution in [1.82, 2.24) is 20.2 Å². The Bertz CT molecular complexity index is 733. The van der Waals surface area contributed by atoms with Crippen LogP contribution in [0.3, 0.4) is 0 Å². The quantitative estimate of drug-likeness (QED) is 0.663. The molecule has 3 aromatic rings. The Hall–Kier alpha value is -2.32. The number of aromatic amines is 1. The molecule has 19 heavy (non-hydrogen) atoms. The molecule has 0 radical (unpaired) electrons. The number of aromatic nitrogens is 4. The second-order valence-electron chi connectivity index (χ2n) is 3.79. The molecule has 96 valence electrons. The maximum absolute atomic E-state index is 12.0. The number of hydrogen-bond donors (Lipinski definition) is 3. The Morgan fingerprint density at radius 3 is 3.11 bits per heavy atom. The average Bonchev–Trinajstić information content (AvgIpc) is 3.05. The molecule has 1 aromatic carbocycles. The van der Waals surface area contributed by atoms with Gasteiger partial charge >= 0.3 is 0 Å². The van der Waals surface area contributed by atoms with Crippen molar-refractivity contribution < 1.29 is 4.79 Å². The number of rotatable bonds is 3. The van der Waals surface area contributed by atoms with E-state index < -0.39 is 0 Å². The van der Waals surface area contributed by atoms with Gasteiger partial charge in [0, 0.05) is 12.1 Å². The molecule has 0 aliphatic rings. The zero-order chi connectivity index (χ0) is 13.2. The number of benzene rings is 1. The number of carbonyl (C=O) groups is 1. The van der Waals surface area contributed by atoms with Crippen LogP contribution in [0, 0.1) is 0 Å². The Morgan fingerprint density at radius 1 is 1.42 bits per heavy atom. The van der Waals surface area contributed by atoms with Crippen molar-refractivity contribution in [3.63, 3.8) is 0 Å². The van der Waals surface area contributed by atoms with Crippen LogP contribution in [0.4, 0.5) is 5.13 Å². The summed E-state index contributed by atoms with van der Waals surface area (Å²) in [6.45, 7) is 0.313. The molecule has 0 saturated carbocycles. The summed E-state index contributed by atoms with van der Waals surface area (Å²) in [5.74, 6) is -0.240. The summed E-state index contributed by atoms with van der Waals surface area (Å²) in [6, 6.07) is 5.23. The normalized spacial score (nSPS) is 10.8. The Balaban J connectivity index is 1.82. The van der Waals surface area contributed by atoms with Crippen molar-refractivity contribution in [2.24, 2.45) is 5.73 Å². The maximum Gasteiger partial charge on any atom is 0.257 e. The van der Waals surface area contributed by atoms with Gasteiger partial charge in [-0.05, 0) is 18.2 Å². The number of anilines is 1. The molecule has 0 fully saturated rings. The van der Waals surface area contributed by atoms with Crippen LogP contribution in [-0.2, 0) is 6.54 Å². The average molecular weight is 274 g/mol. The largest absolute Gasteiger partial charge is 0.345 e. The lowest BCUT2D eigenvalue weighted by atomic mass is 10.2. The van der Waals surface area contributed by atoms with Gasteiger partial charge in [-0.15, -0.1) is 10.2 Å². The van der Waals surface area contributed by atoms with Crippen LogP contribution in [-0.4, -0.2) is 26.1 Å². The van der Waals surface area contributed by atoms with Crippen LogP contribution in [0.5, 0.6) is 0 Å². The van der Waals surface area contributed by atoms with E-state index in [1.807, 2.05) is 0 Å². The lowest BCUT2D eigenvalue weighted by Crippen LogP contribution is -2.11. The Kier molecular flexibility index (Phi) is 2.94. The van der Waals surface area contributed by atoms with E-state index in [2.05, 4.69) is 25.5 Å². The summed E-state index contributed by atoms with van der Waals surface area (Å²) >= 11 is 1.26. The molecular weight excluding hydrogens is 264 g/mol. The first-order chi connectivity index (χ1) is 9.26. The summed E-state index contributed by atoms with van der Waals surface area (Å²) in [4.78, 5) is 19.1. The molecule has 0 aliphatic carbocycles. The molecule has 0 unspecified atom stereocenters. The second kappa shape index (κ2) is 4.75. The van der Waals surface area contributed by atoms with Gasteiger partial charge in [-0.25, -0.2) is 4.98 Å². The third-order valence-electron chi connectivity index (χ3n) is 2.54. The highest BCUT2D eigenvalue weighted by atomic mass is 32.1. The first-order valence-corrected chi connectivity index (χ1v) is 6.35. The summed E-state index contributed by atoms with van der Waals surface area (Å²) in [7, 11) is 0. The Morgan fingerprint density at radius 2 is 2.32 bits per heavy atom. The first kappa shape index (κ1) is 11.8. The number of H-pyrrole nitrogens is 1.